The van der Waals surface area contributed by atoms with E-state index in [1.54, 1.807) is 0 Å². The molecule has 0 aromatic rings. The molecule has 0 aliphatic carbocycles. The first-order chi connectivity index (χ1) is 7.61. The van der Waals surface area contributed by atoms with Crippen molar-refractivity contribution in [3.8, 4) is 0 Å². The van der Waals surface area contributed by atoms with Crippen molar-refractivity contribution in [2.45, 2.75) is 39.0 Å². The zero-order valence-electron chi connectivity index (χ0n) is 10.8. The van der Waals surface area contributed by atoms with E-state index < -0.39 is 7.60 Å². The number of hydrogen-bond donors (Lipinski definition) is 0. The van der Waals surface area contributed by atoms with Gasteiger partial charge in [0.05, 0.1) is 6.16 Å². The van der Waals surface area contributed by atoms with Gasteiger partial charge in [-0.3, -0.25) is 4.57 Å². The lowest BCUT2D eigenvalue weighted by molar-refractivity contribution is 0.271. The molecule has 0 aliphatic heterocycles. The summed E-state index contributed by atoms with van der Waals surface area (Å²) in [5, 5.41) is 0. The van der Waals surface area contributed by atoms with E-state index >= 15 is 0 Å². The van der Waals surface area contributed by atoms with Crippen molar-refractivity contribution in [3.63, 3.8) is 0 Å². The van der Waals surface area contributed by atoms with Crippen LogP contribution in [-0.4, -0.2) is 20.4 Å². The maximum Gasteiger partial charge on any atom is 0.330 e. The van der Waals surface area contributed by atoms with Gasteiger partial charge in [-0.05, 0) is 12.3 Å². The van der Waals surface area contributed by atoms with Gasteiger partial charge in [0.15, 0.2) is 0 Å². The highest BCUT2D eigenvalue weighted by molar-refractivity contribution is 7.53. The Hall–Kier alpha value is -0.110. The van der Waals surface area contributed by atoms with Crippen LogP contribution in [0.1, 0.15) is 39.0 Å². The predicted molar refractivity (Wildman–Crippen MR) is 68.9 cm³/mol. The molecule has 0 aromatic heterocycles. The van der Waals surface area contributed by atoms with Gasteiger partial charge in [0.1, 0.15) is 0 Å². The highest BCUT2D eigenvalue weighted by atomic mass is 31.2. The van der Waals surface area contributed by atoms with Gasteiger partial charge in [-0.15, -0.1) is 6.58 Å². The van der Waals surface area contributed by atoms with Crippen molar-refractivity contribution in [1.29, 1.82) is 0 Å². The maximum atomic E-state index is 11.9. The second kappa shape index (κ2) is 8.98. The summed E-state index contributed by atoms with van der Waals surface area (Å²) in [5.41, 5.74) is 0. The van der Waals surface area contributed by atoms with Crippen LogP contribution >= 0.6 is 7.60 Å². The van der Waals surface area contributed by atoms with E-state index in [0.29, 0.717) is 6.16 Å². The Balaban J connectivity index is 3.99. The number of hydrogen-bond acceptors (Lipinski definition) is 3. The molecule has 0 rings (SSSR count). The smallest absolute Gasteiger partial charge is 0.312 e. The molecule has 0 radical (unpaired) electrons. The molecule has 0 unspecified atom stereocenters. The Morgan fingerprint density at radius 2 is 1.88 bits per heavy atom. The molecule has 0 aliphatic rings. The highest BCUT2D eigenvalue weighted by Crippen LogP contribution is 2.48. The van der Waals surface area contributed by atoms with E-state index in [-0.39, 0.29) is 5.92 Å². The molecule has 0 spiro atoms. The van der Waals surface area contributed by atoms with Gasteiger partial charge in [0, 0.05) is 14.2 Å². The van der Waals surface area contributed by atoms with Crippen LogP contribution in [0.2, 0.25) is 0 Å². The Morgan fingerprint density at radius 3 is 2.31 bits per heavy atom. The largest absolute Gasteiger partial charge is 0.330 e. The Labute approximate surface area is 99.8 Å². The lowest BCUT2D eigenvalue weighted by Crippen LogP contribution is -2.06. The molecule has 3 nitrogen and oxygen atoms in total. The Bertz CT molecular complexity index is 220. The number of unbranched alkanes of at least 4 members (excludes halogenated alkanes) is 3. The minimum Gasteiger partial charge on any atom is -0.312 e. The van der Waals surface area contributed by atoms with Crippen molar-refractivity contribution in [3.05, 3.63) is 12.7 Å². The van der Waals surface area contributed by atoms with E-state index in [9.17, 15) is 4.57 Å². The van der Waals surface area contributed by atoms with Gasteiger partial charge in [0.25, 0.3) is 0 Å². The summed E-state index contributed by atoms with van der Waals surface area (Å²) in [4.78, 5) is 0. The van der Waals surface area contributed by atoms with E-state index in [1.807, 2.05) is 6.08 Å². The minimum absolute atomic E-state index is 0.225. The molecule has 0 fully saturated rings. The highest BCUT2D eigenvalue weighted by Gasteiger charge is 2.24. The van der Waals surface area contributed by atoms with Crippen LogP contribution in [0.5, 0.6) is 0 Å². The molecule has 0 saturated carbocycles. The molecular formula is C12H25O3P. The van der Waals surface area contributed by atoms with Gasteiger partial charge >= 0.3 is 7.60 Å². The standard InChI is InChI=1S/C12H25O3P/c1-5-7-8-9-10-12(6-2)11-16(13,14-3)15-4/h6,12H,2,5,7-11H2,1,3-4H3/t12-/m1/s1. The second-order valence-electron chi connectivity index (χ2n) is 4.00. The molecular weight excluding hydrogens is 223 g/mol. The predicted octanol–water partition coefficient (Wildman–Crippen LogP) is 4.24. The van der Waals surface area contributed by atoms with Crippen molar-refractivity contribution < 1.29 is 13.6 Å². The fourth-order valence-corrected chi connectivity index (χ4v) is 2.98. The molecule has 0 bridgehead atoms. The Kier molecular flexibility index (Phi) is 8.91. The van der Waals surface area contributed by atoms with Crippen molar-refractivity contribution in [1.82, 2.24) is 0 Å². The SMILES string of the molecule is C=C[C@H](CCCCCC)CP(=O)(OC)OC. The van der Waals surface area contributed by atoms with Crippen LogP contribution in [0.4, 0.5) is 0 Å². The first-order valence-electron chi connectivity index (χ1n) is 5.95. The monoisotopic (exact) mass is 248 g/mol. The lowest BCUT2D eigenvalue weighted by Gasteiger charge is -2.18. The normalized spacial score (nSPS) is 13.7. The molecule has 0 heterocycles. The third-order valence-corrected chi connectivity index (χ3v) is 4.81. The lowest BCUT2D eigenvalue weighted by atomic mass is 10.0. The van der Waals surface area contributed by atoms with Crippen LogP contribution in [0.15, 0.2) is 12.7 Å². The van der Waals surface area contributed by atoms with Crippen LogP contribution in [0.25, 0.3) is 0 Å². The summed E-state index contributed by atoms with van der Waals surface area (Å²) in [7, 11) is -0.0165. The zero-order valence-corrected chi connectivity index (χ0v) is 11.7. The summed E-state index contributed by atoms with van der Waals surface area (Å²) in [6, 6.07) is 0. The summed E-state index contributed by atoms with van der Waals surface area (Å²) < 4.78 is 21.8. The van der Waals surface area contributed by atoms with Gasteiger partial charge in [0.2, 0.25) is 0 Å². The topological polar surface area (TPSA) is 35.5 Å². The van der Waals surface area contributed by atoms with Gasteiger partial charge in [-0.2, -0.15) is 0 Å². The molecule has 1 atom stereocenters. The number of rotatable bonds is 10. The average molecular weight is 248 g/mol. The molecule has 0 aromatic carbocycles. The fourth-order valence-electron chi connectivity index (χ4n) is 1.63. The molecule has 96 valence electrons. The fraction of sp³-hybridized carbons (Fsp3) is 0.833. The molecule has 0 amide bonds. The molecule has 16 heavy (non-hydrogen) atoms. The van der Waals surface area contributed by atoms with E-state index in [2.05, 4.69) is 13.5 Å². The van der Waals surface area contributed by atoms with Crippen LogP contribution in [0.3, 0.4) is 0 Å². The van der Waals surface area contributed by atoms with Gasteiger partial charge in [-0.1, -0.05) is 38.7 Å². The first kappa shape index (κ1) is 15.9. The van der Waals surface area contributed by atoms with Crippen molar-refractivity contribution in [2.75, 3.05) is 20.4 Å². The van der Waals surface area contributed by atoms with E-state index in [1.165, 1.54) is 33.5 Å². The molecule has 0 N–H and O–H groups in total. The maximum absolute atomic E-state index is 11.9. The molecule has 0 saturated heterocycles. The summed E-state index contributed by atoms with van der Waals surface area (Å²) in [6.45, 7) is 5.97. The quantitative estimate of drug-likeness (QED) is 0.329. The third kappa shape index (κ3) is 6.47. The van der Waals surface area contributed by atoms with E-state index in [0.717, 1.165) is 12.8 Å². The minimum atomic E-state index is -2.88. The van der Waals surface area contributed by atoms with Gasteiger partial charge in [-0.25, -0.2) is 0 Å². The van der Waals surface area contributed by atoms with Crippen LogP contribution < -0.4 is 0 Å². The van der Waals surface area contributed by atoms with E-state index in [4.69, 9.17) is 9.05 Å². The van der Waals surface area contributed by atoms with Crippen LogP contribution in [0, 0.1) is 5.92 Å². The summed E-state index contributed by atoms with van der Waals surface area (Å²) in [5.74, 6) is 0.225. The van der Waals surface area contributed by atoms with Gasteiger partial charge < -0.3 is 9.05 Å². The van der Waals surface area contributed by atoms with Crippen LogP contribution in [-0.2, 0) is 13.6 Å². The average Bonchev–Trinajstić information content (AvgIpc) is 2.32. The Morgan fingerprint density at radius 1 is 1.25 bits per heavy atom. The first-order valence-corrected chi connectivity index (χ1v) is 7.67. The third-order valence-electron chi connectivity index (χ3n) is 2.78. The number of allylic oxidation sites excluding steroid dienone is 1. The summed E-state index contributed by atoms with van der Waals surface area (Å²) >= 11 is 0. The zero-order chi connectivity index (χ0) is 12.4. The van der Waals surface area contributed by atoms with Crippen molar-refractivity contribution >= 4 is 7.60 Å². The molecule has 4 heteroatoms. The van der Waals surface area contributed by atoms with Crippen molar-refractivity contribution in [2.24, 2.45) is 5.92 Å². The second-order valence-corrected chi connectivity index (χ2v) is 6.32. The summed E-state index contributed by atoms with van der Waals surface area (Å²) in [6.07, 6.45) is 8.18.